The Hall–Kier alpha value is -1.59. The van der Waals surface area contributed by atoms with Gasteiger partial charge in [-0.3, -0.25) is 9.59 Å². The molecule has 0 saturated carbocycles. The monoisotopic (exact) mass is 273 g/mol. The molecule has 0 aliphatic heterocycles. The summed E-state index contributed by atoms with van der Waals surface area (Å²) in [7, 11) is 0. The summed E-state index contributed by atoms with van der Waals surface area (Å²) in [6.45, 7) is 4.56. The number of nitrogens with one attached hydrogen (secondary N) is 1. The summed E-state index contributed by atoms with van der Waals surface area (Å²) >= 11 is 0. The highest BCUT2D eigenvalue weighted by Crippen LogP contribution is 1.97. The van der Waals surface area contributed by atoms with Crippen LogP contribution in [0.1, 0.15) is 52.4 Å². The van der Waals surface area contributed by atoms with Crippen LogP contribution >= 0.6 is 0 Å². The first-order valence-corrected chi connectivity index (χ1v) is 6.74. The van der Waals surface area contributed by atoms with Gasteiger partial charge in [-0.15, -0.1) is 0 Å². The van der Waals surface area contributed by atoms with Gasteiger partial charge in [0.05, 0.1) is 6.61 Å². The molecule has 0 unspecified atom stereocenters. The summed E-state index contributed by atoms with van der Waals surface area (Å²) in [6, 6.07) is 0. The fourth-order valence-electron chi connectivity index (χ4n) is 1.22. The number of amides is 1. The Balaban J connectivity index is 3.50. The second kappa shape index (κ2) is 11.5. The Morgan fingerprint density at radius 2 is 1.63 bits per heavy atom. The predicted molar refractivity (Wildman–Crippen MR) is 69.5 cm³/mol. The number of carbonyl (C=O) groups is 3. The van der Waals surface area contributed by atoms with Crippen LogP contribution in [0.15, 0.2) is 0 Å². The lowest BCUT2D eigenvalue weighted by atomic mass is 10.3. The topological polar surface area (TPSA) is 81.7 Å². The first-order chi connectivity index (χ1) is 9.10. The normalized spacial score (nSPS) is 9.79. The van der Waals surface area contributed by atoms with E-state index >= 15 is 0 Å². The largest absolute Gasteiger partial charge is 0.450 e. The molecule has 19 heavy (non-hydrogen) atoms. The minimum absolute atomic E-state index is 0.102. The highest BCUT2D eigenvalue weighted by Gasteiger charge is 2.09. The fourth-order valence-corrected chi connectivity index (χ4v) is 1.22. The third-order valence-corrected chi connectivity index (χ3v) is 2.24. The molecule has 6 heteroatoms. The van der Waals surface area contributed by atoms with Crippen molar-refractivity contribution in [3.63, 3.8) is 0 Å². The first-order valence-electron chi connectivity index (χ1n) is 6.74. The molecule has 0 radical (unpaired) electrons. The van der Waals surface area contributed by atoms with Gasteiger partial charge < -0.3 is 14.8 Å². The maximum Gasteiger partial charge on any atom is 0.407 e. The van der Waals surface area contributed by atoms with Gasteiger partial charge in [-0.2, -0.15) is 0 Å². The number of esters is 2. The van der Waals surface area contributed by atoms with Crippen molar-refractivity contribution in [2.75, 3.05) is 13.2 Å². The molecule has 6 nitrogen and oxygen atoms in total. The summed E-state index contributed by atoms with van der Waals surface area (Å²) in [5.41, 5.74) is 0. The Morgan fingerprint density at radius 1 is 0.947 bits per heavy atom. The average molecular weight is 273 g/mol. The Morgan fingerprint density at radius 3 is 2.26 bits per heavy atom. The van der Waals surface area contributed by atoms with Crippen LogP contribution < -0.4 is 5.32 Å². The Kier molecular flexibility index (Phi) is 10.5. The van der Waals surface area contributed by atoms with Crippen molar-refractivity contribution in [3.05, 3.63) is 0 Å². The van der Waals surface area contributed by atoms with Crippen molar-refractivity contribution >= 4 is 18.0 Å². The zero-order valence-electron chi connectivity index (χ0n) is 11.7. The summed E-state index contributed by atoms with van der Waals surface area (Å²) in [4.78, 5) is 33.3. The number of ether oxygens (including phenoxy) is 2. The summed E-state index contributed by atoms with van der Waals surface area (Å²) in [6.07, 6.45) is 2.73. The molecule has 0 heterocycles. The molecule has 0 rings (SSSR count). The zero-order valence-corrected chi connectivity index (χ0v) is 11.7. The average Bonchev–Trinajstić information content (AvgIpc) is 2.35. The molecule has 0 bridgehead atoms. The van der Waals surface area contributed by atoms with Crippen molar-refractivity contribution in [1.29, 1.82) is 0 Å². The van der Waals surface area contributed by atoms with Crippen molar-refractivity contribution in [3.8, 4) is 0 Å². The van der Waals surface area contributed by atoms with Crippen LogP contribution in [0, 0.1) is 0 Å². The summed E-state index contributed by atoms with van der Waals surface area (Å²) < 4.78 is 9.42. The molecule has 1 amide bonds. The van der Waals surface area contributed by atoms with E-state index in [4.69, 9.17) is 4.74 Å². The van der Waals surface area contributed by atoms with Gasteiger partial charge >= 0.3 is 18.0 Å². The van der Waals surface area contributed by atoms with Crippen LogP contribution in [-0.2, 0) is 19.1 Å². The van der Waals surface area contributed by atoms with Crippen molar-refractivity contribution < 1.29 is 23.9 Å². The van der Waals surface area contributed by atoms with Gasteiger partial charge in [-0.05, 0) is 19.3 Å². The number of carbonyl (C=O) groups excluding carboxylic acids is 3. The Bertz CT molecular complexity index is 291. The number of hydrogen-bond donors (Lipinski definition) is 1. The highest BCUT2D eigenvalue weighted by atomic mass is 16.6. The lowest BCUT2D eigenvalue weighted by Crippen LogP contribution is -2.26. The molecule has 0 atom stereocenters. The first kappa shape index (κ1) is 17.4. The molecule has 0 aromatic heterocycles. The second-order valence-electron chi connectivity index (χ2n) is 4.12. The third-order valence-electron chi connectivity index (χ3n) is 2.24. The van der Waals surface area contributed by atoms with Gasteiger partial charge in [0, 0.05) is 19.4 Å². The Labute approximate surface area is 113 Å². The summed E-state index contributed by atoms with van der Waals surface area (Å²) in [5.74, 6) is -1.06. The minimum Gasteiger partial charge on any atom is -0.450 e. The van der Waals surface area contributed by atoms with Crippen LogP contribution in [-0.4, -0.2) is 31.2 Å². The molecule has 0 spiro atoms. The predicted octanol–water partition coefficient (Wildman–Crippen LogP) is 2.16. The maximum atomic E-state index is 11.2. The number of alkyl carbamates (subject to hydrolysis) is 1. The summed E-state index contributed by atoms with van der Waals surface area (Å²) in [5, 5.41) is 2.52. The van der Waals surface area contributed by atoms with Crippen LogP contribution in [0.25, 0.3) is 0 Å². The quantitative estimate of drug-likeness (QED) is 0.395. The number of rotatable bonds is 9. The number of unbranched alkanes of at least 4 members (excludes halogenated alkanes) is 1. The van der Waals surface area contributed by atoms with Gasteiger partial charge in [-0.25, -0.2) is 4.79 Å². The molecular weight excluding hydrogens is 250 g/mol. The van der Waals surface area contributed by atoms with Gasteiger partial charge in [0.1, 0.15) is 0 Å². The SMILES string of the molecule is CCCCOC(=O)NCCCC(=O)OC(=O)CCC. The minimum atomic E-state index is -0.556. The van der Waals surface area contributed by atoms with Crippen molar-refractivity contribution in [2.24, 2.45) is 0 Å². The van der Waals surface area contributed by atoms with Gasteiger partial charge in [0.15, 0.2) is 0 Å². The van der Waals surface area contributed by atoms with E-state index in [2.05, 4.69) is 10.1 Å². The maximum absolute atomic E-state index is 11.2. The van der Waals surface area contributed by atoms with E-state index in [1.165, 1.54) is 0 Å². The molecule has 0 aromatic carbocycles. The molecule has 0 saturated heterocycles. The van der Waals surface area contributed by atoms with E-state index in [-0.39, 0.29) is 12.8 Å². The number of hydrogen-bond acceptors (Lipinski definition) is 5. The van der Waals surface area contributed by atoms with E-state index in [1.54, 1.807) is 0 Å². The molecule has 0 fully saturated rings. The zero-order chi connectivity index (χ0) is 14.5. The van der Waals surface area contributed by atoms with Crippen LogP contribution in [0.2, 0.25) is 0 Å². The molecule has 110 valence electrons. The molecule has 1 N–H and O–H groups in total. The smallest absolute Gasteiger partial charge is 0.407 e. The van der Waals surface area contributed by atoms with Crippen molar-refractivity contribution in [2.45, 2.75) is 52.4 Å². The second-order valence-corrected chi connectivity index (χ2v) is 4.12. The van der Waals surface area contributed by atoms with E-state index in [0.29, 0.717) is 26.0 Å². The highest BCUT2D eigenvalue weighted by molar-refractivity contribution is 5.85. The molecular formula is C13H23NO5. The van der Waals surface area contributed by atoms with Gasteiger partial charge in [0.25, 0.3) is 0 Å². The standard InChI is InChI=1S/C13H23NO5/c1-3-5-10-18-13(17)14-9-6-8-12(16)19-11(15)7-4-2/h3-10H2,1-2H3,(H,14,17). The molecule has 0 aliphatic rings. The van der Waals surface area contributed by atoms with Crippen LogP contribution in [0.3, 0.4) is 0 Å². The molecule has 0 aromatic rings. The van der Waals surface area contributed by atoms with E-state index in [9.17, 15) is 14.4 Å². The van der Waals surface area contributed by atoms with E-state index in [0.717, 1.165) is 12.8 Å². The lowest BCUT2D eigenvalue weighted by Gasteiger charge is -2.06. The fraction of sp³-hybridized carbons (Fsp3) is 0.769. The van der Waals surface area contributed by atoms with Gasteiger partial charge in [0.2, 0.25) is 0 Å². The third kappa shape index (κ3) is 11.2. The van der Waals surface area contributed by atoms with Crippen molar-refractivity contribution in [1.82, 2.24) is 5.32 Å². The molecule has 0 aliphatic carbocycles. The van der Waals surface area contributed by atoms with Crippen LogP contribution in [0.4, 0.5) is 4.79 Å². The van der Waals surface area contributed by atoms with Gasteiger partial charge in [-0.1, -0.05) is 20.3 Å². The lowest BCUT2D eigenvalue weighted by molar-refractivity contribution is -0.159. The van der Waals surface area contributed by atoms with E-state index in [1.807, 2.05) is 13.8 Å². The van der Waals surface area contributed by atoms with E-state index < -0.39 is 18.0 Å². The van der Waals surface area contributed by atoms with Crippen LogP contribution in [0.5, 0.6) is 0 Å².